The Hall–Kier alpha value is -2.80. The lowest BCUT2D eigenvalue weighted by Crippen LogP contribution is -2.12. The van der Waals surface area contributed by atoms with Crippen molar-refractivity contribution in [2.45, 2.75) is 26.7 Å². The van der Waals surface area contributed by atoms with Gasteiger partial charge < -0.3 is 14.8 Å². The van der Waals surface area contributed by atoms with Gasteiger partial charge in [-0.15, -0.1) is 4.40 Å². The summed E-state index contributed by atoms with van der Waals surface area (Å²) in [5.74, 6) is 1.83. The fraction of sp³-hybridized carbons (Fsp3) is 0.286. The highest BCUT2D eigenvalue weighted by molar-refractivity contribution is 8.00. The van der Waals surface area contributed by atoms with Gasteiger partial charge in [0.1, 0.15) is 22.2 Å². The van der Waals surface area contributed by atoms with Crippen LogP contribution in [0.4, 0.5) is 5.69 Å². The van der Waals surface area contributed by atoms with Gasteiger partial charge in [-0.3, -0.25) is 0 Å². The highest BCUT2D eigenvalue weighted by atomic mass is 32.2. The van der Waals surface area contributed by atoms with E-state index < -0.39 is 10.0 Å². The first-order chi connectivity index (χ1) is 13.3. The summed E-state index contributed by atoms with van der Waals surface area (Å²) in [6, 6.07) is 12.8. The van der Waals surface area contributed by atoms with Crippen molar-refractivity contribution in [1.29, 1.82) is 0 Å². The average Bonchev–Trinajstić information content (AvgIpc) is 2.89. The minimum absolute atomic E-state index is 0.215. The number of hydrogen-bond donors (Lipinski definition) is 1. The van der Waals surface area contributed by atoms with Crippen molar-refractivity contribution in [3.8, 4) is 11.5 Å². The molecule has 148 valence electrons. The topological polar surface area (TPSA) is 77.0 Å². The maximum absolute atomic E-state index is 12.7. The molecule has 0 saturated carbocycles. The minimum Gasteiger partial charge on any atom is -0.497 e. The lowest BCUT2D eigenvalue weighted by molar-refractivity contribution is 0.405. The Bertz CT molecular complexity index is 1050. The van der Waals surface area contributed by atoms with Gasteiger partial charge in [-0.05, 0) is 36.1 Å². The van der Waals surface area contributed by atoms with E-state index in [9.17, 15) is 8.42 Å². The van der Waals surface area contributed by atoms with Crippen LogP contribution in [0, 0.1) is 0 Å². The Balaban J connectivity index is 2.00. The Labute approximate surface area is 166 Å². The molecule has 0 atom stereocenters. The first-order valence-corrected chi connectivity index (χ1v) is 10.4. The van der Waals surface area contributed by atoms with E-state index in [1.807, 2.05) is 24.3 Å². The zero-order valence-electron chi connectivity index (χ0n) is 16.6. The smallest absolute Gasteiger partial charge is 0.285 e. The molecule has 0 amide bonds. The molecule has 1 aliphatic heterocycles. The zero-order valence-corrected chi connectivity index (χ0v) is 17.4. The molecule has 1 heterocycles. The van der Waals surface area contributed by atoms with Gasteiger partial charge in [-0.25, -0.2) is 0 Å². The Morgan fingerprint density at radius 3 is 2.25 bits per heavy atom. The van der Waals surface area contributed by atoms with Crippen LogP contribution in [0.2, 0.25) is 0 Å². The maximum atomic E-state index is 12.7. The molecule has 0 spiro atoms. The van der Waals surface area contributed by atoms with Gasteiger partial charge in [0.05, 0.1) is 19.9 Å². The molecule has 0 unspecified atom stereocenters. The van der Waals surface area contributed by atoms with E-state index in [0.29, 0.717) is 34.2 Å². The molecule has 3 rings (SSSR count). The summed E-state index contributed by atoms with van der Waals surface area (Å²) in [4.78, 5) is 0.215. The van der Waals surface area contributed by atoms with Crippen LogP contribution in [0.3, 0.4) is 0 Å². The molecular weight excluding hydrogens is 376 g/mol. The van der Waals surface area contributed by atoms with Gasteiger partial charge in [0.2, 0.25) is 0 Å². The van der Waals surface area contributed by atoms with E-state index in [4.69, 9.17) is 9.47 Å². The number of nitrogens with zero attached hydrogens (tertiary/aromatic N) is 1. The molecule has 2 aromatic carbocycles. The van der Waals surface area contributed by atoms with Crippen molar-refractivity contribution in [3.63, 3.8) is 0 Å². The molecule has 2 aromatic rings. The third-order valence-electron chi connectivity index (χ3n) is 4.66. The molecule has 1 N–H and O–H groups in total. The predicted molar refractivity (Wildman–Crippen MR) is 113 cm³/mol. The molecule has 0 aromatic heterocycles. The monoisotopic (exact) mass is 400 g/mol. The SMILES string of the molecule is COc1ccc(OC)c(NC2=NS(=O)(=O)C(c3ccc(C(C)C)cc3)=C2C)c1. The average molecular weight is 401 g/mol. The summed E-state index contributed by atoms with van der Waals surface area (Å²) in [5, 5.41) is 3.08. The summed E-state index contributed by atoms with van der Waals surface area (Å²) >= 11 is 0. The molecule has 28 heavy (non-hydrogen) atoms. The Morgan fingerprint density at radius 2 is 1.68 bits per heavy atom. The molecule has 7 heteroatoms. The van der Waals surface area contributed by atoms with E-state index in [-0.39, 0.29) is 10.7 Å². The first kappa shape index (κ1) is 19.9. The fourth-order valence-electron chi connectivity index (χ4n) is 3.08. The minimum atomic E-state index is -3.79. The predicted octanol–water partition coefficient (Wildman–Crippen LogP) is 4.41. The van der Waals surface area contributed by atoms with Crippen molar-refractivity contribution in [2.24, 2.45) is 4.40 Å². The van der Waals surface area contributed by atoms with Crippen LogP contribution >= 0.6 is 0 Å². The van der Waals surface area contributed by atoms with Crippen molar-refractivity contribution in [3.05, 3.63) is 59.2 Å². The Kier molecular flexibility index (Phi) is 5.47. The van der Waals surface area contributed by atoms with Gasteiger partial charge >= 0.3 is 0 Å². The maximum Gasteiger partial charge on any atom is 0.285 e. The van der Waals surface area contributed by atoms with Crippen LogP contribution in [0.1, 0.15) is 37.8 Å². The van der Waals surface area contributed by atoms with Gasteiger partial charge in [0, 0.05) is 11.6 Å². The molecular formula is C21H24N2O4S. The molecule has 0 radical (unpaired) electrons. The molecule has 0 bridgehead atoms. The molecule has 0 aliphatic carbocycles. The van der Waals surface area contributed by atoms with Crippen molar-refractivity contribution < 1.29 is 17.9 Å². The highest BCUT2D eigenvalue weighted by Gasteiger charge is 2.31. The van der Waals surface area contributed by atoms with Crippen LogP contribution in [-0.2, 0) is 10.0 Å². The number of anilines is 1. The van der Waals surface area contributed by atoms with E-state index >= 15 is 0 Å². The molecule has 0 saturated heterocycles. The van der Waals surface area contributed by atoms with Crippen LogP contribution in [0.25, 0.3) is 4.91 Å². The van der Waals surface area contributed by atoms with Crippen LogP contribution in [-0.4, -0.2) is 28.5 Å². The van der Waals surface area contributed by atoms with Crippen LogP contribution < -0.4 is 14.8 Å². The van der Waals surface area contributed by atoms with E-state index in [0.717, 1.165) is 5.56 Å². The highest BCUT2D eigenvalue weighted by Crippen LogP contribution is 2.35. The Morgan fingerprint density at radius 1 is 1.00 bits per heavy atom. The lowest BCUT2D eigenvalue weighted by atomic mass is 10.0. The van der Waals surface area contributed by atoms with Crippen LogP contribution in [0.5, 0.6) is 11.5 Å². The zero-order chi connectivity index (χ0) is 20.5. The van der Waals surface area contributed by atoms with Crippen molar-refractivity contribution in [2.75, 3.05) is 19.5 Å². The van der Waals surface area contributed by atoms with E-state index in [1.165, 1.54) is 0 Å². The largest absolute Gasteiger partial charge is 0.497 e. The summed E-state index contributed by atoms with van der Waals surface area (Å²) < 4.78 is 40.0. The summed E-state index contributed by atoms with van der Waals surface area (Å²) in [6.07, 6.45) is 0. The second-order valence-electron chi connectivity index (χ2n) is 6.84. The molecule has 0 fully saturated rings. The molecule has 1 aliphatic rings. The van der Waals surface area contributed by atoms with Crippen molar-refractivity contribution >= 4 is 26.5 Å². The number of methoxy groups -OCH3 is 2. The standard InChI is InChI=1S/C21H24N2O4S/c1-13(2)15-6-8-16(9-7-15)20-14(3)21(23-28(20,24)25)22-18-12-17(26-4)10-11-19(18)27-5/h6-13H,1-5H3,(H,22,23). The number of hydrogen-bond acceptors (Lipinski definition) is 5. The van der Waals surface area contributed by atoms with E-state index in [1.54, 1.807) is 39.3 Å². The molecule has 6 nitrogen and oxygen atoms in total. The second kappa shape index (κ2) is 7.67. The number of nitrogens with one attached hydrogen (secondary N) is 1. The summed E-state index contributed by atoms with van der Waals surface area (Å²) in [7, 11) is -0.685. The summed E-state index contributed by atoms with van der Waals surface area (Å²) in [5.41, 5.74) is 2.91. The number of amidine groups is 1. The number of benzene rings is 2. The lowest BCUT2D eigenvalue weighted by Gasteiger charge is -2.13. The van der Waals surface area contributed by atoms with E-state index in [2.05, 4.69) is 23.6 Å². The number of rotatable bonds is 5. The van der Waals surface area contributed by atoms with Crippen LogP contribution in [0.15, 0.2) is 52.4 Å². The van der Waals surface area contributed by atoms with Gasteiger partial charge in [0.25, 0.3) is 10.0 Å². The summed E-state index contributed by atoms with van der Waals surface area (Å²) in [6.45, 7) is 5.94. The second-order valence-corrected chi connectivity index (χ2v) is 8.38. The third-order valence-corrected chi connectivity index (χ3v) is 6.15. The van der Waals surface area contributed by atoms with Crippen molar-refractivity contribution in [1.82, 2.24) is 0 Å². The van der Waals surface area contributed by atoms with Gasteiger partial charge in [0.15, 0.2) is 0 Å². The third kappa shape index (κ3) is 3.75. The quantitative estimate of drug-likeness (QED) is 0.804. The first-order valence-electron chi connectivity index (χ1n) is 8.92. The fourth-order valence-corrected chi connectivity index (χ4v) is 4.51. The number of sulfonamides is 1. The van der Waals surface area contributed by atoms with Gasteiger partial charge in [-0.2, -0.15) is 8.42 Å². The van der Waals surface area contributed by atoms with Gasteiger partial charge in [-0.1, -0.05) is 38.1 Å². The number of ether oxygens (including phenoxy) is 2. The normalized spacial score (nSPS) is 15.6.